The fourth-order valence-corrected chi connectivity index (χ4v) is 4.60. The number of likely N-dealkylation sites (tertiary alicyclic amines) is 1. The van der Waals surface area contributed by atoms with Crippen molar-refractivity contribution in [1.82, 2.24) is 10.2 Å². The topological polar surface area (TPSA) is 58.4 Å². The van der Waals surface area contributed by atoms with Gasteiger partial charge in [-0.15, -0.1) is 11.3 Å². The van der Waals surface area contributed by atoms with E-state index in [2.05, 4.69) is 34.7 Å². The van der Waals surface area contributed by atoms with E-state index in [9.17, 15) is 4.79 Å². The molecule has 5 heteroatoms. The molecule has 0 radical (unpaired) electrons. The molecule has 2 saturated heterocycles. The largest absolute Gasteiger partial charge is 0.353 e. The molecule has 0 aliphatic carbocycles. The Balaban J connectivity index is 1.72. The van der Waals surface area contributed by atoms with Crippen molar-refractivity contribution >= 4 is 17.2 Å². The highest BCUT2D eigenvalue weighted by Crippen LogP contribution is 2.33. The third kappa shape index (κ3) is 2.75. The first-order valence-electron chi connectivity index (χ1n) is 7.47. The number of carbonyl (C=O) groups excluding carboxylic acids is 1. The van der Waals surface area contributed by atoms with Crippen LogP contribution in [0.3, 0.4) is 0 Å². The molecular formula is C15H23N3OS. The van der Waals surface area contributed by atoms with Crippen molar-refractivity contribution in [3.8, 4) is 0 Å². The number of nitrogens with two attached hydrogens (primary N) is 1. The summed E-state index contributed by atoms with van der Waals surface area (Å²) in [5, 5.41) is 5.27. The molecule has 4 atom stereocenters. The molecule has 110 valence electrons. The summed E-state index contributed by atoms with van der Waals surface area (Å²) < 4.78 is 0. The van der Waals surface area contributed by atoms with E-state index >= 15 is 0 Å². The van der Waals surface area contributed by atoms with Gasteiger partial charge in [0.15, 0.2) is 0 Å². The number of carbonyl (C=O) groups is 1. The second-order valence-electron chi connectivity index (χ2n) is 6.08. The van der Waals surface area contributed by atoms with Crippen LogP contribution in [-0.2, 0) is 4.79 Å². The van der Waals surface area contributed by atoms with Gasteiger partial charge in [-0.2, -0.15) is 0 Å². The summed E-state index contributed by atoms with van der Waals surface area (Å²) in [6.07, 6.45) is 2.74. The molecule has 2 fully saturated rings. The van der Waals surface area contributed by atoms with Gasteiger partial charge >= 0.3 is 0 Å². The maximum atomic E-state index is 11.5. The highest BCUT2D eigenvalue weighted by Gasteiger charge is 2.37. The van der Waals surface area contributed by atoms with E-state index in [4.69, 9.17) is 5.73 Å². The number of piperidine rings is 2. The Kier molecular flexibility index (Phi) is 4.10. The number of nitrogens with zero attached hydrogens (tertiary/aromatic N) is 1. The normalized spacial score (nSPS) is 30.4. The van der Waals surface area contributed by atoms with Gasteiger partial charge in [-0.25, -0.2) is 0 Å². The zero-order valence-electron chi connectivity index (χ0n) is 11.9. The van der Waals surface area contributed by atoms with E-state index in [0.29, 0.717) is 24.4 Å². The molecule has 4 nitrogen and oxygen atoms in total. The summed E-state index contributed by atoms with van der Waals surface area (Å²) in [4.78, 5) is 15.4. The molecule has 1 aromatic rings. The van der Waals surface area contributed by atoms with E-state index < -0.39 is 0 Å². The summed E-state index contributed by atoms with van der Waals surface area (Å²) >= 11 is 1.79. The Labute approximate surface area is 124 Å². The minimum absolute atomic E-state index is 0.128. The van der Waals surface area contributed by atoms with Crippen molar-refractivity contribution in [2.45, 2.75) is 44.3 Å². The Bertz CT molecular complexity index is 460. The Morgan fingerprint density at radius 3 is 3.05 bits per heavy atom. The first-order valence-corrected chi connectivity index (χ1v) is 8.35. The first-order chi connectivity index (χ1) is 9.65. The van der Waals surface area contributed by atoms with E-state index in [0.717, 1.165) is 25.9 Å². The lowest BCUT2D eigenvalue weighted by Gasteiger charge is -2.45. The van der Waals surface area contributed by atoms with Crippen molar-refractivity contribution in [3.63, 3.8) is 0 Å². The molecule has 2 aliphatic rings. The number of thiophene rings is 1. The van der Waals surface area contributed by atoms with Gasteiger partial charge in [0.05, 0.1) is 6.04 Å². The quantitative estimate of drug-likeness (QED) is 0.892. The number of fused-ring (bicyclic) bond motifs is 1. The fraction of sp³-hybridized carbons (Fsp3) is 0.667. The van der Waals surface area contributed by atoms with Crippen molar-refractivity contribution in [2.75, 3.05) is 13.1 Å². The zero-order chi connectivity index (χ0) is 14.1. The van der Waals surface area contributed by atoms with Crippen molar-refractivity contribution < 1.29 is 4.79 Å². The number of hydrogen-bond acceptors (Lipinski definition) is 4. The Hall–Kier alpha value is -0.910. The van der Waals surface area contributed by atoms with E-state index in [-0.39, 0.29) is 11.9 Å². The molecule has 4 unspecified atom stereocenters. The van der Waals surface area contributed by atoms with Gasteiger partial charge in [0.2, 0.25) is 5.91 Å². The second-order valence-corrected chi connectivity index (χ2v) is 7.06. The average Bonchev–Trinajstić information content (AvgIpc) is 2.92. The summed E-state index contributed by atoms with van der Waals surface area (Å²) in [5.74, 6) is 0.810. The number of nitrogens with one attached hydrogen (secondary N) is 1. The number of rotatable bonds is 3. The lowest BCUT2D eigenvalue weighted by Crippen LogP contribution is -2.55. The first kappa shape index (κ1) is 14.0. The molecule has 2 aliphatic heterocycles. The molecule has 1 aromatic heterocycles. The van der Waals surface area contributed by atoms with Crippen LogP contribution < -0.4 is 11.1 Å². The van der Waals surface area contributed by atoms with Crippen LogP contribution in [0.2, 0.25) is 0 Å². The molecular weight excluding hydrogens is 270 g/mol. The standard InChI is InChI=1S/C15H23N3OS/c1-10(16)15(13-3-2-8-20-13)18-7-6-12-11(9-18)4-5-14(19)17-12/h2-3,8,10-12,15H,4-7,9,16H2,1H3,(H,17,19). The zero-order valence-corrected chi connectivity index (χ0v) is 12.7. The smallest absolute Gasteiger partial charge is 0.220 e. The predicted octanol–water partition coefficient (Wildman–Crippen LogP) is 1.74. The minimum Gasteiger partial charge on any atom is -0.353 e. The SMILES string of the molecule is CC(N)C(c1cccs1)N1CCC2NC(=O)CCC2C1. The molecule has 0 saturated carbocycles. The van der Waals surface area contributed by atoms with Crippen LogP contribution in [-0.4, -0.2) is 36.0 Å². The monoisotopic (exact) mass is 293 g/mol. The van der Waals surface area contributed by atoms with Gasteiger partial charge in [0.1, 0.15) is 0 Å². The number of hydrogen-bond donors (Lipinski definition) is 2. The maximum Gasteiger partial charge on any atom is 0.220 e. The van der Waals surface area contributed by atoms with Crippen LogP contribution in [0.5, 0.6) is 0 Å². The highest BCUT2D eigenvalue weighted by molar-refractivity contribution is 7.10. The molecule has 0 aromatic carbocycles. The van der Waals surface area contributed by atoms with Gasteiger partial charge in [-0.1, -0.05) is 6.07 Å². The molecule has 3 heterocycles. The van der Waals surface area contributed by atoms with E-state index in [1.807, 2.05) is 0 Å². The summed E-state index contributed by atoms with van der Waals surface area (Å²) in [6.45, 7) is 4.17. The van der Waals surface area contributed by atoms with Crippen LogP contribution in [0.15, 0.2) is 17.5 Å². The Morgan fingerprint density at radius 1 is 1.50 bits per heavy atom. The third-order valence-corrected chi connectivity index (χ3v) is 5.52. The van der Waals surface area contributed by atoms with Gasteiger partial charge in [-0.05, 0) is 37.1 Å². The van der Waals surface area contributed by atoms with Crippen LogP contribution in [0.25, 0.3) is 0 Å². The van der Waals surface area contributed by atoms with Crippen LogP contribution in [0.4, 0.5) is 0 Å². The molecule has 3 rings (SSSR count). The second kappa shape index (κ2) is 5.84. The van der Waals surface area contributed by atoms with E-state index in [1.165, 1.54) is 4.88 Å². The van der Waals surface area contributed by atoms with E-state index in [1.54, 1.807) is 11.3 Å². The highest BCUT2D eigenvalue weighted by atomic mass is 32.1. The lowest BCUT2D eigenvalue weighted by atomic mass is 9.84. The van der Waals surface area contributed by atoms with Crippen LogP contribution in [0.1, 0.15) is 37.1 Å². The lowest BCUT2D eigenvalue weighted by molar-refractivity contribution is -0.125. The third-order valence-electron chi connectivity index (χ3n) is 4.58. The summed E-state index contributed by atoms with van der Waals surface area (Å²) in [5.41, 5.74) is 6.24. The maximum absolute atomic E-state index is 11.5. The fourth-order valence-electron chi connectivity index (χ4n) is 3.62. The van der Waals surface area contributed by atoms with Crippen LogP contribution >= 0.6 is 11.3 Å². The summed E-state index contributed by atoms with van der Waals surface area (Å²) in [6, 6.07) is 5.11. The predicted molar refractivity (Wildman–Crippen MR) is 81.6 cm³/mol. The molecule has 0 bridgehead atoms. The molecule has 0 spiro atoms. The summed E-state index contributed by atoms with van der Waals surface area (Å²) in [7, 11) is 0. The number of amides is 1. The minimum atomic E-state index is 0.128. The van der Waals surface area contributed by atoms with Crippen LogP contribution in [0, 0.1) is 5.92 Å². The molecule has 1 amide bonds. The van der Waals surface area contributed by atoms with Crippen molar-refractivity contribution in [3.05, 3.63) is 22.4 Å². The van der Waals surface area contributed by atoms with Gasteiger partial charge in [0, 0.05) is 36.5 Å². The molecule has 3 N–H and O–H groups in total. The van der Waals surface area contributed by atoms with Gasteiger partial charge in [-0.3, -0.25) is 9.69 Å². The Morgan fingerprint density at radius 2 is 2.35 bits per heavy atom. The van der Waals surface area contributed by atoms with Crippen molar-refractivity contribution in [1.29, 1.82) is 0 Å². The van der Waals surface area contributed by atoms with Gasteiger partial charge < -0.3 is 11.1 Å². The molecule has 20 heavy (non-hydrogen) atoms. The van der Waals surface area contributed by atoms with Gasteiger partial charge in [0.25, 0.3) is 0 Å². The average molecular weight is 293 g/mol. The van der Waals surface area contributed by atoms with Crippen molar-refractivity contribution in [2.24, 2.45) is 11.7 Å².